The highest BCUT2D eigenvalue weighted by Crippen LogP contribution is 2.27. The number of rotatable bonds is 10. The minimum atomic E-state index is -3.51. The van der Waals surface area contributed by atoms with Crippen LogP contribution < -0.4 is 10.1 Å². The number of methoxy groups -OCH3 is 1. The second-order valence-corrected chi connectivity index (χ2v) is 9.26. The van der Waals surface area contributed by atoms with Crippen molar-refractivity contribution in [1.29, 1.82) is 0 Å². The molecule has 0 spiro atoms. The van der Waals surface area contributed by atoms with Crippen molar-refractivity contribution >= 4 is 21.4 Å². The molecule has 0 radical (unpaired) electrons. The third-order valence-corrected chi connectivity index (χ3v) is 6.50. The molecule has 0 aliphatic rings. The van der Waals surface area contributed by atoms with Gasteiger partial charge in [-0.05, 0) is 48.0 Å². The van der Waals surface area contributed by atoms with E-state index in [0.717, 1.165) is 5.56 Å². The van der Waals surface area contributed by atoms with E-state index in [9.17, 15) is 22.0 Å². The Bertz CT molecular complexity index is 1180. The van der Waals surface area contributed by atoms with Crippen LogP contribution in [0.25, 0.3) is 0 Å². The van der Waals surface area contributed by atoms with Gasteiger partial charge in [0.2, 0.25) is 0 Å². The number of carbonyl (C=O) groups is 1. The van der Waals surface area contributed by atoms with Gasteiger partial charge < -0.3 is 14.8 Å². The Kier molecular flexibility index (Phi) is 8.13. The molecule has 0 aliphatic heterocycles. The van der Waals surface area contributed by atoms with Crippen molar-refractivity contribution in [3.63, 3.8) is 0 Å². The van der Waals surface area contributed by atoms with E-state index in [1.165, 1.54) is 43.5 Å². The van der Waals surface area contributed by atoms with Crippen LogP contribution in [0.3, 0.4) is 0 Å². The van der Waals surface area contributed by atoms with Crippen LogP contribution in [-0.2, 0) is 21.0 Å². The first-order chi connectivity index (χ1) is 15.8. The van der Waals surface area contributed by atoms with Crippen LogP contribution in [-0.4, -0.2) is 40.4 Å². The zero-order valence-electron chi connectivity index (χ0n) is 17.8. The van der Waals surface area contributed by atoms with Gasteiger partial charge in [0.15, 0.2) is 9.84 Å². The van der Waals surface area contributed by atoms with Gasteiger partial charge in [-0.25, -0.2) is 8.42 Å². The van der Waals surface area contributed by atoms with Crippen LogP contribution in [0, 0.1) is 0 Å². The average Bonchev–Trinajstić information content (AvgIpc) is 2.80. The summed E-state index contributed by atoms with van der Waals surface area (Å²) < 4.78 is 59.5. The summed E-state index contributed by atoms with van der Waals surface area (Å²) in [5, 5.41) is 2.71. The molecule has 0 aromatic heterocycles. The van der Waals surface area contributed by atoms with Gasteiger partial charge in [-0.3, -0.25) is 4.79 Å². The lowest BCUT2D eigenvalue weighted by atomic mass is 10.0. The van der Waals surface area contributed by atoms with E-state index in [4.69, 9.17) is 4.74 Å². The maximum absolute atomic E-state index is 12.8. The summed E-state index contributed by atoms with van der Waals surface area (Å²) >= 11 is 0. The summed E-state index contributed by atoms with van der Waals surface area (Å²) in [7, 11) is -2.09. The molecule has 0 fully saturated rings. The van der Waals surface area contributed by atoms with Crippen molar-refractivity contribution in [3.05, 3.63) is 89.5 Å². The molecule has 174 valence electrons. The molecule has 0 atom stereocenters. The summed E-state index contributed by atoms with van der Waals surface area (Å²) in [6.07, 6.45) is 0.334. The number of nitrogens with one attached hydrogen (secondary N) is 1. The summed E-state index contributed by atoms with van der Waals surface area (Å²) in [6.45, 7) is -2.90. The van der Waals surface area contributed by atoms with Gasteiger partial charge in [0.05, 0.1) is 17.3 Å². The van der Waals surface area contributed by atoms with Crippen LogP contribution in [0.15, 0.2) is 77.7 Å². The number of amides is 1. The Hall–Kier alpha value is -3.30. The van der Waals surface area contributed by atoms with E-state index in [0.29, 0.717) is 17.7 Å². The molecule has 3 aromatic carbocycles. The molecule has 33 heavy (non-hydrogen) atoms. The van der Waals surface area contributed by atoms with Crippen molar-refractivity contribution in [3.8, 4) is 5.75 Å². The first-order valence-electron chi connectivity index (χ1n) is 10.0. The lowest BCUT2D eigenvalue weighted by Crippen LogP contribution is -2.14. The first-order valence-corrected chi connectivity index (χ1v) is 11.7. The number of anilines is 1. The number of halogens is 2. The fraction of sp³-hybridized carbons (Fsp3) is 0.208. The quantitative estimate of drug-likeness (QED) is 0.465. The summed E-state index contributed by atoms with van der Waals surface area (Å²) in [5.74, 6) is -0.604. The molecule has 0 unspecified atom stereocenters. The zero-order chi connectivity index (χ0) is 23.8. The standard InChI is InChI=1S/C24H23F2NO5S/c1-31-13-14-33(29,30)21-10-7-18(8-11-21)23(28)27-20-9-12-22(32-24(25)26)19(16-20)15-17-5-3-2-4-6-17/h2-12,16,24H,13-15H2,1H3,(H,27,28). The lowest BCUT2D eigenvalue weighted by molar-refractivity contribution is -0.0503. The molecular formula is C24H23F2NO5S. The average molecular weight is 476 g/mol. The molecule has 9 heteroatoms. The third-order valence-electron chi connectivity index (χ3n) is 4.80. The maximum atomic E-state index is 12.8. The largest absolute Gasteiger partial charge is 0.435 e. The SMILES string of the molecule is COCCS(=O)(=O)c1ccc(C(=O)Nc2ccc(OC(F)F)c(Cc3ccccc3)c2)cc1. The van der Waals surface area contributed by atoms with Gasteiger partial charge in [-0.2, -0.15) is 8.78 Å². The smallest absolute Gasteiger partial charge is 0.387 e. The van der Waals surface area contributed by atoms with Gasteiger partial charge in [-0.1, -0.05) is 30.3 Å². The molecule has 6 nitrogen and oxygen atoms in total. The maximum Gasteiger partial charge on any atom is 0.387 e. The van der Waals surface area contributed by atoms with Gasteiger partial charge in [0.1, 0.15) is 5.75 Å². The third kappa shape index (κ3) is 6.84. The Morgan fingerprint density at radius 2 is 1.70 bits per heavy atom. The van der Waals surface area contributed by atoms with Crippen molar-refractivity contribution in [2.45, 2.75) is 17.9 Å². The topological polar surface area (TPSA) is 81.7 Å². The number of benzene rings is 3. The van der Waals surface area contributed by atoms with Gasteiger partial charge in [0.25, 0.3) is 5.91 Å². The molecule has 3 rings (SSSR count). The molecule has 1 amide bonds. The van der Waals surface area contributed by atoms with Crippen molar-refractivity contribution in [2.75, 3.05) is 24.8 Å². The van der Waals surface area contributed by atoms with E-state index in [2.05, 4.69) is 10.1 Å². The van der Waals surface area contributed by atoms with Gasteiger partial charge >= 0.3 is 6.61 Å². The van der Waals surface area contributed by atoms with E-state index >= 15 is 0 Å². The second-order valence-electron chi connectivity index (χ2n) is 7.15. The van der Waals surface area contributed by atoms with Crippen molar-refractivity contribution < 1.29 is 31.5 Å². The van der Waals surface area contributed by atoms with Crippen LogP contribution in [0.1, 0.15) is 21.5 Å². The number of alkyl halides is 2. The molecule has 0 aliphatic carbocycles. The predicted octanol–water partition coefficient (Wildman–Crippen LogP) is 4.55. The van der Waals surface area contributed by atoms with Crippen LogP contribution in [0.4, 0.5) is 14.5 Å². The lowest BCUT2D eigenvalue weighted by Gasteiger charge is -2.14. The number of ether oxygens (including phenoxy) is 2. The fourth-order valence-corrected chi connectivity index (χ4v) is 4.32. The summed E-state index contributed by atoms with van der Waals surface area (Å²) in [5.41, 5.74) is 2.02. The Morgan fingerprint density at radius 3 is 2.33 bits per heavy atom. The van der Waals surface area contributed by atoms with Gasteiger partial charge in [-0.15, -0.1) is 0 Å². The first kappa shape index (κ1) is 24.3. The molecule has 0 saturated carbocycles. The van der Waals surface area contributed by atoms with Crippen LogP contribution >= 0.6 is 0 Å². The highest BCUT2D eigenvalue weighted by molar-refractivity contribution is 7.91. The second kappa shape index (κ2) is 11.0. The molecule has 0 saturated heterocycles. The van der Waals surface area contributed by atoms with Crippen LogP contribution in [0.2, 0.25) is 0 Å². The molecule has 0 bridgehead atoms. The summed E-state index contributed by atoms with van der Waals surface area (Å²) in [6, 6.07) is 19.2. The number of carbonyl (C=O) groups excluding carboxylic acids is 1. The summed E-state index contributed by atoms with van der Waals surface area (Å²) in [4.78, 5) is 12.7. The van der Waals surface area contributed by atoms with Crippen molar-refractivity contribution in [1.82, 2.24) is 0 Å². The minimum Gasteiger partial charge on any atom is -0.435 e. The normalized spacial score (nSPS) is 11.4. The minimum absolute atomic E-state index is 0.0254. The Labute approximate surface area is 191 Å². The predicted molar refractivity (Wildman–Crippen MR) is 121 cm³/mol. The number of hydrogen-bond acceptors (Lipinski definition) is 5. The van der Waals surface area contributed by atoms with E-state index in [1.54, 1.807) is 6.07 Å². The number of sulfone groups is 1. The molecular weight excluding hydrogens is 452 g/mol. The molecule has 0 heterocycles. The number of hydrogen-bond donors (Lipinski definition) is 1. The van der Waals surface area contributed by atoms with Gasteiger partial charge in [0, 0.05) is 30.3 Å². The highest BCUT2D eigenvalue weighted by atomic mass is 32.2. The zero-order valence-corrected chi connectivity index (χ0v) is 18.6. The highest BCUT2D eigenvalue weighted by Gasteiger charge is 2.16. The van der Waals surface area contributed by atoms with Crippen molar-refractivity contribution in [2.24, 2.45) is 0 Å². The van der Waals surface area contributed by atoms with E-state index in [1.807, 2.05) is 30.3 Å². The Morgan fingerprint density at radius 1 is 1.00 bits per heavy atom. The fourth-order valence-electron chi connectivity index (χ4n) is 3.15. The monoisotopic (exact) mass is 475 g/mol. The molecule has 3 aromatic rings. The van der Waals surface area contributed by atoms with E-state index < -0.39 is 22.4 Å². The van der Waals surface area contributed by atoms with E-state index in [-0.39, 0.29) is 28.6 Å². The Balaban J connectivity index is 1.78. The van der Waals surface area contributed by atoms with Crippen LogP contribution in [0.5, 0.6) is 5.75 Å². The molecule has 1 N–H and O–H groups in total.